The van der Waals surface area contributed by atoms with Gasteiger partial charge in [-0.15, -0.1) is 0 Å². The van der Waals surface area contributed by atoms with Crippen molar-refractivity contribution in [2.75, 3.05) is 22.9 Å². The van der Waals surface area contributed by atoms with Crippen molar-refractivity contribution in [1.29, 1.82) is 0 Å². The number of hydrogen-bond acceptors (Lipinski definition) is 3. The molecule has 0 aliphatic heterocycles. The van der Waals surface area contributed by atoms with Gasteiger partial charge in [0, 0.05) is 17.8 Å². The Bertz CT molecular complexity index is 822. The number of nitrogens with one attached hydrogen (secondary N) is 1. The van der Waals surface area contributed by atoms with E-state index in [1.165, 1.54) is 7.05 Å². The van der Waals surface area contributed by atoms with Gasteiger partial charge in [0.2, 0.25) is 15.9 Å². The van der Waals surface area contributed by atoms with Gasteiger partial charge >= 0.3 is 0 Å². The van der Waals surface area contributed by atoms with E-state index in [1.807, 2.05) is 6.07 Å². The van der Waals surface area contributed by atoms with E-state index >= 15 is 0 Å². The summed E-state index contributed by atoms with van der Waals surface area (Å²) in [7, 11) is -1.89. The van der Waals surface area contributed by atoms with Gasteiger partial charge in [0.05, 0.1) is 18.4 Å². The first-order valence-electron chi connectivity index (χ1n) is 6.84. The van der Waals surface area contributed by atoms with Gasteiger partial charge < -0.3 is 5.32 Å². The van der Waals surface area contributed by atoms with Crippen molar-refractivity contribution in [3.05, 3.63) is 59.1 Å². The summed E-state index contributed by atoms with van der Waals surface area (Å²) in [6.07, 6.45) is 1.31. The normalized spacial score (nSPS) is 11.1. The standard InChI is InChI=1S/C16H17ClN2O3S/c1-19(23(2,21)22)15-8-4-7-14(11-15)18-16(20)10-12-5-3-6-13(17)9-12/h3-9,11H,10H2,1-2H3,(H,18,20). The monoisotopic (exact) mass is 352 g/mol. The molecule has 5 nitrogen and oxygen atoms in total. The summed E-state index contributed by atoms with van der Waals surface area (Å²) in [6, 6.07) is 13.7. The zero-order valence-electron chi connectivity index (χ0n) is 12.8. The fourth-order valence-electron chi connectivity index (χ4n) is 2.01. The first-order valence-corrected chi connectivity index (χ1v) is 9.06. The molecule has 0 aliphatic rings. The number of rotatable bonds is 5. The smallest absolute Gasteiger partial charge is 0.231 e. The van der Waals surface area contributed by atoms with E-state index in [0.29, 0.717) is 16.4 Å². The van der Waals surface area contributed by atoms with E-state index in [4.69, 9.17) is 11.6 Å². The number of hydrogen-bond donors (Lipinski definition) is 1. The molecule has 0 saturated carbocycles. The molecule has 23 heavy (non-hydrogen) atoms. The lowest BCUT2D eigenvalue weighted by atomic mass is 10.1. The van der Waals surface area contributed by atoms with Crippen molar-refractivity contribution < 1.29 is 13.2 Å². The van der Waals surface area contributed by atoms with Crippen LogP contribution < -0.4 is 9.62 Å². The lowest BCUT2D eigenvalue weighted by molar-refractivity contribution is -0.115. The third-order valence-electron chi connectivity index (χ3n) is 3.24. The molecular formula is C16H17ClN2O3S. The van der Waals surface area contributed by atoms with Crippen LogP contribution in [0.3, 0.4) is 0 Å². The third kappa shape index (κ3) is 4.97. The number of nitrogens with zero attached hydrogens (tertiary/aromatic N) is 1. The fraction of sp³-hybridized carbons (Fsp3) is 0.188. The lowest BCUT2D eigenvalue weighted by Gasteiger charge is -2.17. The van der Waals surface area contributed by atoms with E-state index < -0.39 is 10.0 Å². The Hall–Kier alpha value is -2.05. The number of carbonyl (C=O) groups is 1. The quantitative estimate of drug-likeness (QED) is 0.899. The summed E-state index contributed by atoms with van der Waals surface area (Å²) >= 11 is 5.89. The molecule has 2 aromatic rings. The molecule has 122 valence electrons. The van der Waals surface area contributed by atoms with Crippen molar-refractivity contribution in [3.63, 3.8) is 0 Å². The van der Waals surface area contributed by atoms with Crippen LogP contribution in [0.1, 0.15) is 5.56 Å². The summed E-state index contributed by atoms with van der Waals surface area (Å²) in [5.41, 5.74) is 1.82. The van der Waals surface area contributed by atoms with Gasteiger partial charge in [0.15, 0.2) is 0 Å². The van der Waals surface area contributed by atoms with Crippen LogP contribution in [0.15, 0.2) is 48.5 Å². The van der Waals surface area contributed by atoms with Crippen LogP contribution in [-0.4, -0.2) is 27.6 Å². The van der Waals surface area contributed by atoms with Crippen LogP contribution in [0.25, 0.3) is 0 Å². The van der Waals surface area contributed by atoms with E-state index in [-0.39, 0.29) is 12.3 Å². The fourth-order valence-corrected chi connectivity index (χ4v) is 2.72. The molecule has 0 heterocycles. The molecule has 7 heteroatoms. The van der Waals surface area contributed by atoms with Crippen molar-refractivity contribution >= 4 is 38.9 Å². The van der Waals surface area contributed by atoms with E-state index in [9.17, 15) is 13.2 Å². The van der Waals surface area contributed by atoms with Crippen LogP contribution in [-0.2, 0) is 21.2 Å². The molecule has 0 atom stereocenters. The number of halogens is 1. The van der Waals surface area contributed by atoms with Crippen LogP contribution in [0.4, 0.5) is 11.4 Å². The zero-order chi connectivity index (χ0) is 17.0. The number of amides is 1. The van der Waals surface area contributed by atoms with E-state index in [2.05, 4.69) is 5.32 Å². The average Bonchev–Trinajstić information content (AvgIpc) is 2.45. The summed E-state index contributed by atoms with van der Waals surface area (Å²) in [5, 5.41) is 3.33. The molecule has 0 unspecified atom stereocenters. The molecule has 0 spiro atoms. The molecular weight excluding hydrogens is 336 g/mol. The Morgan fingerprint density at radius 2 is 1.87 bits per heavy atom. The zero-order valence-corrected chi connectivity index (χ0v) is 14.4. The van der Waals surface area contributed by atoms with E-state index in [1.54, 1.807) is 42.5 Å². The van der Waals surface area contributed by atoms with Crippen LogP contribution in [0.2, 0.25) is 5.02 Å². The minimum Gasteiger partial charge on any atom is -0.326 e. The number of anilines is 2. The second-order valence-corrected chi connectivity index (χ2v) is 7.59. The van der Waals surface area contributed by atoms with Gasteiger partial charge in [-0.05, 0) is 35.9 Å². The highest BCUT2D eigenvalue weighted by molar-refractivity contribution is 7.92. The Labute approximate surface area is 140 Å². The van der Waals surface area contributed by atoms with E-state index in [0.717, 1.165) is 16.1 Å². The van der Waals surface area contributed by atoms with Gasteiger partial charge in [-0.3, -0.25) is 9.10 Å². The topological polar surface area (TPSA) is 66.5 Å². The molecule has 1 amide bonds. The highest BCUT2D eigenvalue weighted by Crippen LogP contribution is 2.20. The Morgan fingerprint density at radius 1 is 1.17 bits per heavy atom. The lowest BCUT2D eigenvalue weighted by Crippen LogP contribution is -2.25. The highest BCUT2D eigenvalue weighted by atomic mass is 35.5. The highest BCUT2D eigenvalue weighted by Gasteiger charge is 2.12. The first kappa shape index (κ1) is 17.3. The molecule has 0 radical (unpaired) electrons. The summed E-state index contributed by atoms with van der Waals surface area (Å²) in [5.74, 6) is -0.202. The molecule has 1 N–H and O–H groups in total. The van der Waals surface area contributed by atoms with Crippen molar-refractivity contribution in [1.82, 2.24) is 0 Å². The number of carbonyl (C=O) groups excluding carboxylic acids is 1. The summed E-state index contributed by atoms with van der Waals surface area (Å²) in [4.78, 5) is 12.1. The maximum absolute atomic E-state index is 12.1. The number of sulfonamides is 1. The number of benzene rings is 2. The van der Waals surface area contributed by atoms with Gasteiger partial charge in [0.25, 0.3) is 0 Å². The van der Waals surface area contributed by atoms with Gasteiger partial charge in [-0.1, -0.05) is 29.8 Å². The predicted molar refractivity (Wildman–Crippen MR) is 93.5 cm³/mol. The van der Waals surface area contributed by atoms with Gasteiger partial charge in [-0.25, -0.2) is 8.42 Å². The third-order valence-corrected chi connectivity index (χ3v) is 4.69. The SMILES string of the molecule is CN(c1cccc(NC(=O)Cc2cccc(Cl)c2)c1)S(C)(=O)=O. The Kier molecular flexibility index (Phi) is 5.28. The molecule has 2 aromatic carbocycles. The maximum atomic E-state index is 12.1. The largest absolute Gasteiger partial charge is 0.326 e. The molecule has 0 saturated heterocycles. The molecule has 0 fully saturated rings. The van der Waals surface area contributed by atoms with Crippen molar-refractivity contribution in [3.8, 4) is 0 Å². The van der Waals surface area contributed by atoms with Gasteiger partial charge in [0.1, 0.15) is 0 Å². The van der Waals surface area contributed by atoms with Crippen molar-refractivity contribution in [2.45, 2.75) is 6.42 Å². The molecule has 0 bridgehead atoms. The average molecular weight is 353 g/mol. The summed E-state index contributed by atoms with van der Waals surface area (Å²) in [6.45, 7) is 0. The molecule has 2 rings (SSSR count). The first-order chi connectivity index (χ1) is 10.8. The molecule has 0 aromatic heterocycles. The maximum Gasteiger partial charge on any atom is 0.231 e. The minimum absolute atomic E-state index is 0.187. The Morgan fingerprint density at radius 3 is 2.52 bits per heavy atom. The molecule has 0 aliphatic carbocycles. The van der Waals surface area contributed by atoms with Crippen molar-refractivity contribution in [2.24, 2.45) is 0 Å². The van der Waals surface area contributed by atoms with Crippen LogP contribution in [0.5, 0.6) is 0 Å². The minimum atomic E-state index is -3.35. The predicted octanol–water partition coefficient (Wildman–Crippen LogP) is 2.92. The van der Waals surface area contributed by atoms with Gasteiger partial charge in [-0.2, -0.15) is 0 Å². The second kappa shape index (κ2) is 7.02. The summed E-state index contributed by atoms with van der Waals surface area (Å²) < 4.78 is 24.3. The Balaban J connectivity index is 2.10. The van der Waals surface area contributed by atoms with Crippen LogP contribution in [0, 0.1) is 0 Å². The second-order valence-electron chi connectivity index (χ2n) is 5.14. The van der Waals surface area contributed by atoms with Crippen LogP contribution >= 0.6 is 11.6 Å².